The van der Waals surface area contributed by atoms with E-state index >= 15 is 0 Å². The summed E-state index contributed by atoms with van der Waals surface area (Å²) in [5.74, 6) is 2.41. The molecule has 1 aromatic rings. The van der Waals surface area contributed by atoms with E-state index in [0.29, 0.717) is 18.5 Å². The monoisotopic (exact) mass is 245 g/mol. The van der Waals surface area contributed by atoms with Crippen LogP contribution in [0.1, 0.15) is 12.0 Å². The minimum absolute atomic E-state index is 0.274. The number of hydrogen-bond donors (Lipinski definition) is 1. The average molecular weight is 245 g/mol. The smallest absolute Gasteiger partial charge is 0.326 e. The predicted octanol–water partition coefficient (Wildman–Crippen LogP) is 0.456. The highest BCUT2D eigenvalue weighted by Crippen LogP contribution is 1.99. The molecule has 17 heavy (non-hydrogen) atoms. The first kappa shape index (κ1) is 13.8. The number of H-pyrrole nitrogens is 1. The van der Waals surface area contributed by atoms with Crippen molar-refractivity contribution in [1.29, 1.82) is 0 Å². The molecule has 0 fully saturated rings. The van der Waals surface area contributed by atoms with Crippen LogP contribution in [0.5, 0.6) is 0 Å². The van der Waals surface area contributed by atoms with Crippen LogP contribution in [0.25, 0.3) is 0 Å². The van der Waals surface area contributed by atoms with E-state index in [9.17, 15) is 4.79 Å². The number of hydrogen-bond acceptors (Lipinski definition) is 3. The van der Waals surface area contributed by atoms with E-state index in [2.05, 4.69) is 10.9 Å². The van der Waals surface area contributed by atoms with Gasteiger partial charge in [0, 0.05) is 18.7 Å². The third-order valence-electron chi connectivity index (χ3n) is 2.13. The summed E-state index contributed by atoms with van der Waals surface area (Å²) in [5.41, 5.74) is 0.179. The van der Waals surface area contributed by atoms with E-state index in [1.165, 1.54) is 12.0 Å². The van der Waals surface area contributed by atoms with Crippen LogP contribution in [0.15, 0.2) is 11.0 Å². The predicted molar refractivity (Wildman–Crippen MR) is 70.7 cm³/mol. The third kappa shape index (κ3) is 3.91. The van der Waals surface area contributed by atoms with Gasteiger partial charge in [0.25, 0.3) is 7.48 Å². The Morgan fingerprint density at radius 2 is 2.53 bits per heavy atom. The highest BCUT2D eigenvalue weighted by molar-refractivity contribution is 7.71. The largest absolute Gasteiger partial charge is 0.446 e. The number of terminal acetylenes is 1. The summed E-state index contributed by atoms with van der Waals surface area (Å²) in [6, 6.07) is -0.440. The van der Waals surface area contributed by atoms with Crippen LogP contribution in [0, 0.1) is 17.0 Å². The number of aromatic amines is 1. The topological polar surface area (TPSA) is 47.0 Å². The van der Waals surface area contributed by atoms with Gasteiger partial charge in [-0.25, -0.2) is 4.79 Å². The molecule has 0 aromatic carbocycles. The second-order valence-corrected chi connectivity index (χ2v) is 3.75. The summed E-state index contributed by atoms with van der Waals surface area (Å²) in [5, 5.41) is 0. The summed E-state index contributed by atoms with van der Waals surface area (Å²) in [7, 11) is 7.16. The Labute approximate surface area is 107 Å². The number of nitrogens with zero attached hydrogens (tertiary/aromatic N) is 1. The zero-order chi connectivity index (χ0) is 12.8. The molecule has 3 radical (unpaired) electrons. The summed E-state index contributed by atoms with van der Waals surface area (Å²) in [6.07, 6.45) is 7.31. The van der Waals surface area contributed by atoms with Crippen molar-refractivity contribution in [3.8, 4) is 12.3 Å². The molecule has 0 unspecified atom stereocenters. The SMILES string of the molecule is [B][C@H](CCn1cc(C#C)c(=S)[nH]c1=O)O[B]C. The highest BCUT2D eigenvalue weighted by Gasteiger charge is 2.04. The van der Waals surface area contributed by atoms with Gasteiger partial charge in [0.15, 0.2) is 0 Å². The van der Waals surface area contributed by atoms with Crippen molar-refractivity contribution < 1.29 is 4.65 Å². The van der Waals surface area contributed by atoms with E-state index in [1.807, 2.05) is 0 Å². The van der Waals surface area contributed by atoms with Crippen molar-refractivity contribution in [2.24, 2.45) is 0 Å². The first-order valence-electron chi connectivity index (χ1n) is 5.07. The van der Waals surface area contributed by atoms with Gasteiger partial charge in [-0.1, -0.05) is 25.0 Å². The Bertz CT molecular complexity index is 532. The Morgan fingerprint density at radius 1 is 1.82 bits per heavy atom. The minimum Gasteiger partial charge on any atom is -0.446 e. The van der Waals surface area contributed by atoms with Gasteiger partial charge in [-0.05, 0) is 6.42 Å². The molecule has 0 bridgehead atoms. The van der Waals surface area contributed by atoms with Crippen molar-refractivity contribution in [2.75, 3.05) is 0 Å². The van der Waals surface area contributed by atoms with Crippen LogP contribution >= 0.6 is 12.2 Å². The summed E-state index contributed by atoms with van der Waals surface area (Å²) >= 11 is 4.91. The van der Waals surface area contributed by atoms with Crippen LogP contribution in [0.2, 0.25) is 6.82 Å². The van der Waals surface area contributed by atoms with Gasteiger partial charge >= 0.3 is 5.69 Å². The van der Waals surface area contributed by atoms with Crippen molar-refractivity contribution in [3.63, 3.8) is 0 Å². The molecular formula is C10H11B2N2O2S. The van der Waals surface area contributed by atoms with E-state index in [4.69, 9.17) is 31.1 Å². The molecule has 1 heterocycles. The van der Waals surface area contributed by atoms with Gasteiger partial charge in [-0.15, -0.1) is 6.42 Å². The zero-order valence-corrected chi connectivity index (χ0v) is 10.3. The van der Waals surface area contributed by atoms with Crippen molar-refractivity contribution >= 4 is 27.5 Å². The lowest BCUT2D eigenvalue weighted by Crippen LogP contribution is -2.26. The molecular weight excluding hydrogens is 234 g/mol. The maximum atomic E-state index is 11.6. The molecule has 0 aliphatic carbocycles. The van der Waals surface area contributed by atoms with Gasteiger partial charge in [0.1, 0.15) is 12.5 Å². The molecule has 0 saturated heterocycles. The Balaban J connectivity index is 2.82. The third-order valence-corrected chi connectivity index (χ3v) is 2.45. The van der Waals surface area contributed by atoms with E-state index in [-0.39, 0.29) is 10.3 Å². The van der Waals surface area contributed by atoms with Crippen molar-refractivity contribution in [1.82, 2.24) is 9.55 Å². The van der Waals surface area contributed by atoms with Gasteiger partial charge < -0.3 is 4.65 Å². The number of aromatic nitrogens is 2. The molecule has 0 spiro atoms. The molecule has 85 valence electrons. The van der Waals surface area contributed by atoms with E-state index in [0.717, 1.165) is 0 Å². The fourth-order valence-corrected chi connectivity index (χ4v) is 1.49. The fourth-order valence-electron chi connectivity index (χ4n) is 1.29. The van der Waals surface area contributed by atoms with E-state index < -0.39 is 6.00 Å². The van der Waals surface area contributed by atoms with Crippen LogP contribution in [0.3, 0.4) is 0 Å². The molecule has 1 N–H and O–H groups in total. The molecule has 1 aromatic heterocycles. The van der Waals surface area contributed by atoms with Crippen molar-refractivity contribution in [3.05, 3.63) is 26.9 Å². The van der Waals surface area contributed by atoms with Crippen LogP contribution in [-0.2, 0) is 11.2 Å². The molecule has 7 heteroatoms. The lowest BCUT2D eigenvalue weighted by Gasteiger charge is -2.13. The van der Waals surface area contributed by atoms with Gasteiger partial charge in [0.2, 0.25) is 0 Å². The van der Waals surface area contributed by atoms with Crippen LogP contribution in [0.4, 0.5) is 0 Å². The molecule has 4 nitrogen and oxygen atoms in total. The zero-order valence-electron chi connectivity index (χ0n) is 9.47. The Kier molecular flexibility index (Phi) is 5.26. The summed E-state index contributed by atoms with van der Waals surface area (Å²) in [4.78, 5) is 14.1. The Hall–Kier alpha value is -1.25. The molecule has 0 aliphatic rings. The first-order valence-corrected chi connectivity index (χ1v) is 5.48. The summed E-state index contributed by atoms with van der Waals surface area (Å²) in [6.45, 7) is 2.15. The highest BCUT2D eigenvalue weighted by atomic mass is 32.1. The van der Waals surface area contributed by atoms with Gasteiger partial charge in [0.05, 0.1) is 5.56 Å². The number of aryl methyl sites for hydroxylation is 1. The van der Waals surface area contributed by atoms with Crippen LogP contribution < -0.4 is 5.69 Å². The first-order chi connectivity index (χ1) is 8.08. The minimum atomic E-state index is -0.440. The van der Waals surface area contributed by atoms with E-state index in [1.54, 1.807) is 13.0 Å². The lowest BCUT2D eigenvalue weighted by molar-refractivity contribution is 0.276. The van der Waals surface area contributed by atoms with Crippen LogP contribution in [-0.4, -0.2) is 30.9 Å². The number of nitrogens with one attached hydrogen (secondary N) is 1. The molecule has 0 amide bonds. The van der Waals surface area contributed by atoms with Gasteiger partial charge in [-0.2, -0.15) is 0 Å². The summed E-state index contributed by atoms with van der Waals surface area (Å²) < 4.78 is 6.76. The molecule has 1 rings (SSSR count). The lowest BCUT2D eigenvalue weighted by atomic mass is 9.93. The maximum Gasteiger partial charge on any atom is 0.326 e. The normalized spacial score (nSPS) is 11.8. The standard InChI is InChI=1S/C10H11B2N2O2S/c1-3-7-6-14(10(15)13-9(7)17)5-4-8(11)16-12-2/h1,6,8H,4-5H2,2H3,(H,13,15,17)/t8-/m0/s1. The second-order valence-electron chi connectivity index (χ2n) is 3.34. The van der Waals surface area contributed by atoms with Crippen molar-refractivity contribution in [2.45, 2.75) is 25.8 Å². The van der Waals surface area contributed by atoms with Gasteiger partial charge in [-0.3, -0.25) is 9.55 Å². The average Bonchev–Trinajstić information content (AvgIpc) is 2.28. The maximum absolute atomic E-state index is 11.6. The molecule has 1 atom stereocenters. The molecule has 0 saturated carbocycles. The quantitative estimate of drug-likeness (QED) is 0.465. The Morgan fingerprint density at radius 3 is 3.12 bits per heavy atom. The fraction of sp³-hybridized carbons (Fsp3) is 0.400. The number of rotatable bonds is 5. The second kappa shape index (κ2) is 6.48. The molecule has 0 aliphatic heterocycles.